The molecule has 3 aromatic rings. The number of carbonyl (C=O) groups is 2. The number of likely N-dealkylation sites (tertiary alicyclic amines) is 1. The van der Waals surface area contributed by atoms with Gasteiger partial charge in [0, 0.05) is 26.2 Å². The fraction of sp³-hybridized carbons (Fsp3) is 0.444. The van der Waals surface area contributed by atoms with Crippen molar-refractivity contribution in [3.8, 4) is 0 Å². The van der Waals surface area contributed by atoms with E-state index in [9.17, 15) is 66.7 Å². The van der Waals surface area contributed by atoms with Crippen LogP contribution < -0.4 is 11.1 Å². The standard InChI is InChI=1S/C24H24F7N3O.C12H9F6NO/c1-14-9-18(25)4-5-19(14)21-13-32-6-8-34(21)22(35)33-7-2-3-20(33)15-10-16(23(26,27)28)12-17(11-15)24(29,30)31;13-11(14,15)7-3-6(10(1-2-10)9(19)20)4-8(5-7)12(16,17)18/h4-5,9-12,20-21,32H,2-3,6-8,13H2,1H3;3-5H,1-2H2,(H2,19,20)/t20?,21-;/m1./s1. The van der Waals surface area contributed by atoms with E-state index in [4.69, 9.17) is 5.73 Å². The maximum absolute atomic E-state index is 13.6. The van der Waals surface area contributed by atoms with Gasteiger partial charge in [0.15, 0.2) is 0 Å². The van der Waals surface area contributed by atoms with Crippen LogP contribution in [0.2, 0.25) is 0 Å². The fourth-order valence-corrected chi connectivity index (χ4v) is 6.94. The van der Waals surface area contributed by atoms with Gasteiger partial charge in [-0.3, -0.25) is 4.79 Å². The maximum Gasteiger partial charge on any atom is 0.416 e. The zero-order chi connectivity index (χ0) is 40.9. The van der Waals surface area contributed by atoms with Crippen LogP contribution in [0.25, 0.3) is 0 Å². The van der Waals surface area contributed by atoms with Gasteiger partial charge in [-0.2, -0.15) is 52.7 Å². The van der Waals surface area contributed by atoms with Gasteiger partial charge >= 0.3 is 30.7 Å². The molecule has 3 N–H and O–H groups in total. The predicted octanol–water partition coefficient (Wildman–Crippen LogP) is 9.32. The Morgan fingerprint density at radius 2 is 1.20 bits per heavy atom. The van der Waals surface area contributed by atoms with Crippen molar-refractivity contribution in [1.82, 2.24) is 15.1 Å². The number of piperazine rings is 1. The summed E-state index contributed by atoms with van der Waals surface area (Å²) in [5.41, 5.74) is -1.14. The lowest BCUT2D eigenvalue weighted by molar-refractivity contribution is -0.144. The van der Waals surface area contributed by atoms with Crippen LogP contribution in [0.4, 0.5) is 61.9 Å². The number of aryl methyl sites for hydroxylation is 1. The molecule has 1 unspecified atom stereocenters. The van der Waals surface area contributed by atoms with E-state index in [0.717, 1.165) is 5.56 Å². The molecule has 0 spiro atoms. The molecule has 19 heteroatoms. The van der Waals surface area contributed by atoms with Gasteiger partial charge < -0.3 is 20.9 Å². The molecule has 0 bridgehead atoms. The molecule has 1 aliphatic carbocycles. The van der Waals surface area contributed by atoms with Gasteiger partial charge in [0.2, 0.25) is 5.91 Å². The van der Waals surface area contributed by atoms with Crippen LogP contribution in [-0.4, -0.2) is 47.9 Å². The maximum atomic E-state index is 13.6. The highest BCUT2D eigenvalue weighted by Crippen LogP contribution is 2.50. The third kappa shape index (κ3) is 9.13. The average Bonchev–Trinajstić information content (AvgIpc) is 3.76. The summed E-state index contributed by atoms with van der Waals surface area (Å²) in [6.45, 7) is 3.08. The average molecular weight is 801 g/mol. The number of alkyl halides is 12. The minimum absolute atomic E-state index is 0.0283. The van der Waals surface area contributed by atoms with Gasteiger partial charge in [0.25, 0.3) is 0 Å². The molecule has 0 radical (unpaired) electrons. The van der Waals surface area contributed by atoms with Crippen molar-refractivity contribution in [2.24, 2.45) is 5.73 Å². The van der Waals surface area contributed by atoms with Crippen molar-refractivity contribution in [2.75, 3.05) is 26.2 Å². The Hall–Kier alpha value is -4.55. The summed E-state index contributed by atoms with van der Waals surface area (Å²) in [5, 5.41) is 3.19. The van der Waals surface area contributed by atoms with E-state index >= 15 is 0 Å². The minimum atomic E-state index is -4.97. The summed E-state index contributed by atoms with van der Waals surface area (Å²) >= 11 is 0. The molecule has 2 saturated heterocycles. The molecule has 1 saturated carbocycles. The minimum Gasteiger partial charge on any atom is -0.369 e. The van der Waals surface area contributed by atoms with E-state index in [1.165, 1.54) is 17.0 Å². The monoisotopic (exact) mass is 800 g/mol. The second-order valence-corrected chi connectivity index (χ2v) is 13.6. The second-order valence-electron chi connectivity index (χ2n) is 13.6. The molecule has 6 nitrogen and oxygen atoms in total. The highest BCUT2D eigenvalue weighted by atomic mass is 19.4. The number of hydrogen-bond donors (Lipinski definition) is 2. The summed E-state index contributed by atoms with van der Waals surface area (Å²) in [7, 11) is 0. The number of nitrogens with zero attached hydrogens (tertiary/aromatic N) is 2. The molecule has 3 fully saturated rings. The number of benzene rings is 3. The molecule has 3 amide bonds. The van der Waals surface area contributed by atoms with Crippen LogP contribution in [-0.2, 0) is 34.9 Å². The smallest absolute Gasteiger partial charge is 0.369 e. The van der Waals surface area contributed by atoms with Crippen molar-refractivity contribution in [1.29, 1.82) is 0 Å². The molecule has 3 aliphatic rings. The number of amides is 3. The summed E-state index contributed by atoms with van der Waals surface area (Å²) in [5.74, 6) is -1.33. The van der Waals surface area contributed by atoms with Crippen molar-refractivity contribution >= 4 is 11.9 Å². The largest absolute Gasteiger partial charge is 0.416 e. The number of primary amides is 1. The van der Waals surface area contributed by atoms with Crippen LogP contribution in [0.1, 0.15) is 82.3 Å². The normalized spacial score (nSPS) is 20.2. The number of halogens is 13. The zero-order valence-corrected chi connectivity index (χ0v) is 28.7. The Labute approximate surface area is 305 Å². The molecular weight excluding hydrogens is 767 g/mol. The van der Waals surface area contributed by atoms with Gasteiger partial charge in [0.05, 0.1) is 39.8 Å². The first-order valence-electron chi connectivity index (χ1n) is 16.8. The Kier molecular flexibility index (Phi) is 11.2. The lowest BCUT2D eigenvalue weighted by Gasteiger charge is -2.40. The molecule has 2 aliphatic heterocycles. The van der Waals surface area contributed by atoms with Crippen molar-refractivity contribution < 1.29 is 66.7 Å². The molecule has 2 atom stereocenters. The number of nitrogens with two attached hydrogens (primary N) is 1. The number of nitrogens with one attached hydrogen (secondary N) is 1. The summed E-state index contributed by atoms with van der Waals surface area (Å²) in [6, 6.07) is 5.04. The SMILES string of the molecule is Cc1cc(F)ccc1[C@H]1CNCCN1C(=O)N1CCCC1c1cc(C(F)(F)F)cc(C(F)(F)F)c1.NC(=O)C1(c2cc(C(F)(F)F)cc(C(F)(F)F)c2)CC1. The Morgan fingerprint density at radius 3 is 1.65 bits per heavy atom. The number of carbonyl (C=O) groups excluding carboxylic acids is 2. The molecule has 3 aromatic carbocycles. The molecular formula is C36H33F13N4O2. The predicted molar refractivity (Wildman–Crippen MR) is 171 cm³/mol. The highest BCUT2D eigenvalue weighted by Gasteiger charge is 2.52. The topological polar surface area (TPSA) is 78.7 Å². The summed E-state index contributed by atoms with van der Waals surface area (Å²) in [6.07, 6.45) is -18.8. The van der Waals surface area contributed by atoms with E-state index in [0.29, 0.717) is 55.9 Å². The number of hydrogen-bond acceptors (Lipinski definition) is 3. The summed E-state index contributed by atoms with van der Waals surface area (Å²) in [4.78, 5) is 27.8. The third-order valence-corrected chi connectivity index (χ3v) is 9.94. The first kappa shape index (κ1) is 41.6. The molecule has 0 aromatic heterocycles. The Morgan fingerprint density at radius 1 is 0.709 bits per heavy atom. The lowest BCUT2D eigenvalue weighted by Crippen LogP contribution is -2.53. The second kappa shape index (κ2) is 14.8. The van der Waals surface area contributed by atoms with Crippen LogP contribution in [0.5, 0.6) is 0 Å². The number of urea groups is 1. The van der Waals surface area contributed by atoms with Gasteiger partial charge in [-0.15, -0.1) is 0 Å². The van der Waals surface area contributed by atoms with E-state index in [-0.39, 0.29) is 49.1 Å². The molecule has 55 heavy (non-hydrogen) atoms. The van der Waals surface area contributed by atoms with Crippen LogP contribution in [0.15, 0.2) is 54.6 Å². The fourth-order valence-electron chi connectivity index (χ4n) is 6.94. The van der Waals surface area contributed by atoms with Crippen LogP contribution in [0.3, 0.4) is 0 Å². The van der Waals surface area contributed by atoms with E-state index < -0.39 is 82.2 Å². The van der Waals surface area contributed by atoms with Gasteiger partial charge in [0.1, 0.15) is 5.82 Å². The quantitative estimate of drug-likeness (QED) is 0.259. The highest BCUT2D eigenvalue weighted by molar-refractivity contribution is 5.90. The lowest BCUT2D eigenvalue weighted by atomic mass is 9.91. The van der Waals surface area contributed by atoms with Crippen molar-refractivity contribution in [2.45, 2.75) is 74.8 Å². The summed E-state index contributed by atoms with van der Waals surface area (Å²) < 4.78 is 170. The van der Waals surface area contributed by atoms with Crippen LogP contribution in [0, 0.1) is 12.7 Å². The van der Waals surface area contributed by atoms with Gasteiger partial charge in [-0.25, -0.2) is 9.18 Å². The Balaban J connectivity index is 0.000000246. The first-order valence-corrected chi connectivity index (χ1v) is 16.8. The number of rotatable bonds is 4. The van der Waals surface area contributed by atoms with Gasteiger partial charge in [-0.05, 0) is 103 Å². The first-order chi connectivity index (χ1) is 25.3. The van der Waals surface area contributed by atoms with E-state index in [1.54, 1.807) is 17.9 Å². The third-order valence-electron chi connectivity index (χ3n) is 9.94. The van der Waals surface area contributed by atoms with E-state index in [1.807, 2.05) is 0 Å². The molecule has 6 rings (SSSR count). The van der Waals surface area contributed by atoms with E-state index in [2.05, 4.69) is 5.32 Å². The Bertz CT molecular complexity index is 1850. The molecule has 300 valence electrons. The van der Waals surface area contributed by atoms with Crippen LogP contribution >= 0.6 is 0 Å². The van der Waals surface area contributed by atoms with Gasteiger partial charge in [-0.1, -0.05) is 6.07 Å². The molecule has 2 heterocycles. The van der Waals surface area contributed by atoms with Crippen molar-refractivity contribution in [3.05, 3.63) is 105 Å². The van der Waals surface area contributed by atoms with Crippen molar-refractivity contribution in [3.63, 3.8) is 0 Å². The zero-order valence-electron chi connectivity index (χ0n) is 28.7.